The van der Waals surface area contributed by atoms with E-state index in [0.29, 0.717) is 24.4 Å². The average molecular weight is 294 g/mol. The Kier molecular flexibility index (Phi) is 3.45. The maximum Gasteiger partial charge on any atom is 0.338 e. The zero-order valence-corrected chi connectivity index (χ0v) is 11.7. The number of nitrogens with zero attached hydrogens (tertiary/aromatic N) is 1. The van der Waals surface area contributed by atoms with Gasteiger partial charge < -0.3 is 14.8 Å². The number of carbonyl (C=O) groups is 2. The largest absolute Gasteiger partial charge is 0.456 e. The van der Waals surface area contributed by atoms with Crippen molar-refractivity contribution >= 4 is 23.3 Å². The van der Waals surface area contributed by atoms with Crippen LogP contribution in [0.15, 0.2) is 28.8 Å². The molecule has 0 spiro atoms. The number of methoxy groups -OCH3 is 1. The molecule has 7 heteroatoms. The summed E-state index contributed by atoms with van der Waals surface area (Å²) >= 11 is 1.50. The Morgan fingerprint density at radius 1 is 1.55 bits per heavy atom. The van der Waals surface area contributed by atoms with Gasteiger partial charge in [0.05, 0.1) is 30.5 Å². The van der Waals surface area contributed by atoms with Crippen LogP contribution in [0.3, 0.4) is 0 Å². The van der Waals surface area contributed by atoms with Crippen LogP contribution in [0.2, 0.25) is 0 Å². The van der Waals surface area contributed by atoms with Crippen molar-refractivity contribution in [3.8, 4) is 0 Å². The van der Waals surface area contributed by atoms with Gasteiger partial charge in [0.25, 0.3) is 0 Å². The molecule has 0 bridgehead atoms. The number of hydrogen-bond donors (Lipinski definition) is 1. The van der Waals surface area contributed by atoms with Gasteiger partial charge in [-0.1, -0.05) is 6.07 Å². The highest BCUT2D eigenvalue weighted by molar-refractivity contribution is 7.10. The van der Waals surface area contributed by atoms with E-state index in [9.17, 15) is 9.59 Å². The summed E-state index contributed by atoms with van der Waals surface area (Å²) in [5.41, 5.74) is 1.18. The third kappa shape index (κ3) is 2.08. The minimum atomic E-state index is -0.411. The topological polar surface area (TPSA) is 67.9 Å². The minimum absolute atomic E-state index is 0.146. The summed E-state index contributed by atoms with van der Waals surface area (Å²) in [6, 6.07) is 3.16. The fourth-order valence-electron chi connectivity index (χ4n) is 2.40. The molecule has 0 radical (unpaired) electrons. The highest BCUT2D eigenvalue weighted by Crippen LogP contribution is 2.36. The van der Waals surface area contributed by atoms with Gasteiger partial charge in [-0.3, -0.25) is 4.90 Å². The quantitative estimate of drug-likeness (QED) is 0.849. The van der Waals surface area contributed by atoms with E-state index in [1.807, 2.05) is 17.5 Å². The number of hydrogen-bond acceptors (Lipinski definition) is 5. The molecule has 1 atom stereocenters. The predicted molar refractivity (Wildman–Crippen MR) is 72.2 cm³/mol. The Morgan fingerprint density at radius 3 is 3.10 bits per heavy atom. The summed E-state index contributed by atoms with van der Waals surface area (Å²) in [6.07, 6.45) is 0. The molecule has 0 fully saturated rings. The lowest BCUT2D eigenvalue weighted by Crippen LogP contribution is -2.48. The van der Waals surface area contributed by atoms with Crippen LogP contribution in [0.25, 0.3) is 0 Å². The number of ether oxygens (including phenoxy) is 2. The van der Waals surface area contributed by atoms with Crippen molar-refractivity contribution in [1.29, 1.82) is 0 Å². The Labute approximate surface area is 120 Å². The van der Waals surface area contributed by atoms with E-state index in [4.69, 9.17) is 9.47 Å². The first-order valence-electron chi connectivity index (χ1n) is 6.23. The summed E-state index contributed by atoms with van der Waals surface area (Å²) in [7, 11) is 1.57. The number of esters is 1. The fourth-order valence-corrected chi connectivity index (χ4v) is 3.18. The highest BCUT2D eigenvalue weighted by Gasteiger charge is 2.42. The van der Waals surface area contributed by atoms with Gasteiger partial charge >= 0.3 is 12.0 Å². The predicted octanol–water partition coefficient (Wildman–Crippen LogP) is 1.27. The monoisotopic (exact) mass is 294 g/mol. The molecule has 0 aliphatic carbocycles. The number of nitrogens with one attached hydrogen (secondary N) is 1. The van der Waals surface area contributed by atoms with E-state index in [1.54, 1.807) is 7.11 Å². The van der Waals surface area contributed by atoms with Crippen molar-refractivity contribution < 1.29 is 19.1 Å². The molecule has 6 nitrogen and oxygen atoms in total. The second kappa shape index (κ2) is 5.26. The van der Waals surface area contributed by atoms with Crippen LogP contribution in [0, 0.1) is 0 Å². The molecule has 106 valence electrons. The molecule has 3 rings (SSSR count). The van der Waals surface area contributed by atoms with Crippen LogP contribution >= 0.6 is 11.3 Å². The molecule has 2 aliphatic rings. The molecule has 2 amide bonds. The normalized spacial score (nSPS) is 21.9. The van der Waals surface area contributed by atoms with E-state index in [1.165, 1.54) is 16.2 Å². The van der Waals surface area contributed by atoms with Crippen LogP contribution in [-0.2, 0) is 14.3 Å². The van der Waals surface area contributed by atoms with Gasteiger partial charge in [-0.25, -0.2) is 9.59 Å². The standard InChI is InChI=1S/C13H14N2O4S/c1-18-5-4-15-8-7-19-12(16)10(8)11(14-13(15)17)9-3-2-6-20-9/h2-3,6,11H,4-5,7H2,1H3,(H,14,17)/t11-/m1/s1. The Balaban J connectivity index is 1.98. The van der Waals surface area contributed by atoms with Gasteiger partial charge in [0, 0.05) is 12.0 Å². The molecule has 0 aromatic carbocycles. The van der Waals surface area contributed by atoms with Crippen molar-refractivity contribution in [2.45, 2.75) is 6.04 Å². The molecule has 2 aliphatic heterocycles. The summed E-state index contributed by atoms with van der Waals surface area (Å²) in [5, 5.41) is 4.78. The van der Waals surface area contributed by atoms with E-state index in [2.05, 4.69) is 5.32 Å². The molecule has 1 aromatic heterocycles. The zero-order chi connectivity index (χ0) is 14.1. The van der Waals surface area contributed by atoms with Crippen LogP contribution in [0.4, 0.5) is 4.79 Å². The van der Waals surface area contributed by atoms with Gasteiger partial charge in [0.2, 0.25) is 0 Å². The van der Waals surface area contributed by atoms with Crippen molar-refractivity contribution in [3.63, 3.8) is 0 Å². The van der Waals surface area contributed by atoms with Crippen molar-refractivity contribution in [3.05, 3.63) is 33.7 Å². The van der Waals surface area contributed by atoms with E-state index >= 15 is 0 Å². The number of cyclic esters (lactones) is 1. The van der Waals surface area contributed by atoms with E-state index in [-0.39, 0.29) is 18.6 Å². The van der Waals surface area contributed by atoms with Crippen LogP contribution in [0.5, 0.6) is 0 Å². The Bertz CT molecular complexity index is 567. The second-order valence-electron chi connectivity index (χ2n) is 4.48. The van der Waals surface area contributed by atoms with Gasteiger partial charge in [-0.2, -0.15) is 0 Å². The van der Waals surface area contributed by atoms with Crippen molar-refractivity contribution in [2.24, 2.45) is 0 Å². The Hall–Kier alpha value is -1.86. The number of amides is 2. The van der Waals surface area contributed by atoms with Crippen molar-refractivity contribution in [1.82, 2.24) is 10.2 Å². The smallest absolute Gasteiger partial charge is 0.338 e. The third-order valence-electron chi connectivity index (χ3n) is 3.34. The first-order valence-corrected chi connectivity index (χ1v) is 7.11. The Morgan fingerprint density at radius 2 is 2.40 bits per heavy atom. The molecule has 20 heavy (non-hydrogen) atoms. The van der Waals surface area contributed by atoms with Gasteiger partial charge in [0.15, 0.2) is 0 Å². The molecule has 0 saturated carbocycles. The summed E-state index contributed by atoms with van der Waals surface area (Å²) < 4.78 is 10.1. The average Bonchev–Trinajstić information content (AvgIpc) is 3.07. The van der Waals surface area contributed by atoms with Gasteiger partial charge in [0.1, 0.15) is 6.61 Å². The van der Waals surface area contributed by atoms with Crippen molar-refractivity contribution in [2.75, 3.05) is 26.9 Å². The third-order valence-corrected chi connectivity index (χ3v) is 4.28. The number of thiophene rings is 1. The fraction of sp³-hybridized carbons (Fsp3) is 0.385. The highest BCUT2D eigenvalue weighted by atomic mass is 32.1. The lowest BCUT2D eigenvalue weighted by atomic mass is 10.0. The molecule has 0 unspecified atom stereocenters. The molecular formula is C13H14N2O4S. The minimum Gasteiger partial charge on any atom is -0.456 e. The first kappa shape index (κ1) is 13.1. The molecule has 1 N–H and O–H groups in total. The molecule has 1 aromatic rings. The molecule has 3 heterocycles. The first-order chi connectivity index (χ1) is 9.72. The van der Waals surface area contributed by atoms with E-state index in [0.717, 1.165) is 4.88 Å². The summed E-state index contributed by atoms with van der Waals surface area (Å²) in [4.78, 5) is 26.6. The molecule has 0 saturated heterocycles. The van der Waals surface area contributed by atoms with E-state index < -0.39 is 6.04 Å². The second-order valence-corrected chi connectivity index (χ2v) is 5.46. The van der Waals surface area contributed by atoms with Crippen LogP contribution in [-0.4, -0.2) is 43.8 Å². The van der Waals surface area contributed by atoms with Crippen LogP contribution < -0.4 is 5.32 Å². The van der Waals surface area contributed by atoms with Crippen LogP contribution in [0.1, 0.15) is 10.9 Å². The SMILES string of the molecule is COCCN1C(=O)N[C@H](c2cccs2)C2=C1COC2=O. The summed E-state index contributed by atoms with van der Waals surface area (Å²) in [6.45, 7) is 0.949. The maximum atomic E-state index is 12.2. The van der Waals surface area contributed by atoms with Gasteiger partial charge in [-0.05, 0) is 11.4 Å². The van der Waals surface area contributed by atoms with Gasteiger partial charge in [-0.15, -0.1) is 11.3 Å². The molecular weight excluding hydrogens is 280 g/mol. The zero-order valence-electron chi connectivity index (χ0n) is 10.9. The lowest BCUT2D eigenvalue weighted by molar-refractivity contribution is -0.136. The summed E-state index contributed by atoms with van der Waals surface area (Å²) in [5.74, 6) is -0.360. The number of carbonyl (C=O) groups excluding carboxylic acids is 2. The lowest BCUT2D eigenvalue weighted by Gasteiger charge is -2.32. The maximum absolute atomic E-state index is 12.2. The number of rotatable bonds is 4. The number of urea groups is 1.